The number of rotatable bonds is 6. The number of fused-ring (bicyclic) bond motifs is 2. The number of aryl methyl sites for hydroxylation is 2. The third kappa shape index (κ3) is 5.56. The van der Waals surface area contributed by atoms with Crippen molar-refractivity contribution in [3.8, 4) is 11.1 Å². The maximum atomic E-state index is 13.1. The smallest absolute Gasteiger partial charge is 0.186 e. The first-order valence-electron chi connectivity index (χ1n) is 14.1. The quantitative estimate of drug-likeness (QED) is 0.197. The third-order valence-corrected chi connectivity index (χ3v) is 9.03. The van der Waals surface area contributed by atoms with Crippen LogP contribution in [0.5, 0.6) is 0 Å². The Labute approximate surface area is 255 Å². The second-order valence-corrected chi connectivity index (χ2v) is 13.4. The second kappa shape index (κ2) is 11.1. The van der Waals surface area contributed by atoms with Crippen molar-refractivity contribution in [2.24, 2.45) is 7.05 Å². The summed E-state index contributed by atoms with van der Waals surface area (Å²) < 4.78 is 15.5. The zero-order chi connectivity index (χ0) is 29.8. The lowest BCUT2D eigenvalue weighted by atomic mass is 9.90. The third-order valence-electron chi connectivity index (χ3n) is 7.63. The van der Waals surface area contributed by atoms with Gasteiger partial charge < -0.3 is 14.4 Å². The first kappa shape index (κ1) is 28.8. The van der Waals surface area contributed by atoms with Gasteiger partial charge in [-0.1, -0.05) is 41.1 Å². The Balaban J connectivity index is 1.44. The number of ketones is 1. The highest BCUT2D eigenvalue weighted by Crippen LogP contribution is 2.45. The van der Waals surface area contributed by atoms with Crippen LogP contribution in [0.1, 0.15) is 56.6 Å². The number of benzene rings is 3. The Kier molecular flexibility index (Phi) is 7.60. The fourth-order valence-electron chi connectivity index (χ4n) is 5.68. The van der Waals surface area contributed by atoms with Crippen LogP contribution in [0.15, 0.2) is 54.7 Å². The first-order chi connectivity index (χ1) is 20.0. The summed E-state index contributed by atoms with van der Waals surface area (Å²) >= 11 is 7.93. The van der Waals surface area contributed by atoms with Gasteiger partial charge in [0.2, 0.25) is 0 Å². The fourth-order valence-corrected chi connectivity index (χ4v) is 6.97. The van der Waals surface area contributed by atoms with Gasteiger partial charge in [-0.25, -0.2) is 4.98 Å². The van der Waals surface area contributed by atoms with E-state index in [9.17, 15) is 4.79 Å². The first-order valence-corrected chi connectivity index (χ1v) is 15.3. The van der Waals surface area contributed by atoms with Crippen molar-refractivity contribution in [2.75, 3.05) is 24.6 Å². The summed E-state index contributed by atoms with van der Waals surface area (Å²) in [7, 11) is 1.95. The number of anilines is 1. The van der Waals surface area contributed by atoms with Gasteiger partial charge in [0.1, 0.15) is 12.2 Å². The van der Waals surface area contributed by atoms with Crippen LogP contribution in [0, 0.1) is 6.92 Å². The van der Waals surface area contributed by atoms with Crippen molar-refractivity contribution in [3.63, 3.8) is 0 Å². The molecule has 3 heterocycles. The van der Waals surface area contributed by atoms with Crippen molar-refractivity contribution >= 4 is 55.0 Å². The molecule has 1 fully saturated rings. The predicted molar refractivity (Wildman–Crippen MR) is 171 cm³/mol. The van der Waals surface area contributed by atoms with E-state index < -0.39 is 11.7 Å². The SMILES string of the molecule is CC(=O)[C@@H](OC(C)(C)C)c1c(C)cc2nc(N3CCO[C@H](c4ccc5c(cnn5C)c4)C3)sc2c1-c1ccc(Cl)cc1. The van der Waals surface area contributed by atoms with E-state index in [1.54, 1.807) is 18.3 Å². The van der Waals surface area contributed by atoms with Gasteiger partial charge in [0.25, 0.3) is 0 Å². The Morgan fingerprint density at radius 3 is 2.64 bits per heavy atom. The molecule has 0 radical (unpaired) electrons. The van der Waals surface area contributed by atoms with Gasteiger partial charge in [0, 0.05) is 35.1 Å². The molecule has 5 aromatic rings. The van der Waals surface area contributed by atoms with Crippen molar-refractivity contribution < 1.29 is 14.3 Å². The van der Waals surface area contributed by atoms with Crippen LogP contribution < -0.4 is 4.90 Å². The summed E-state index contributed by atoms with van der Waals surface area (Å²) in [5, 5.41) is 7.08. The largest absolute Gasteiger partial charge is 0.370 e. The van der Waals surface area contributed by atoms with Crippen molar-refractivity contribution in [1.82, 2.24) is 14.8 Å². The molecule has 0 unspecified atom stereocenters. The summed E-state index contributed by atoms with van der Waals surface area (Å²) in [5.41, 5.74) is 6.43. The Hall–Kier alpha value is -3.30. The van der Waals surface area contributed by atoms with Gasteiger partial charge in [0.15, 0.2) is 10.9 Å². The minimum absolute atomic E-state index is 0.0334. The molecule has 0 N–H and O–H groups in total. The van der Waals surface area contributed by atoms with E-state index in [2.05, 4.69) is 34.3 Å². The topological polar surface area (TPSA) is 69.5 Å². The zero-order valence-corrected chi connectivity index (χ0v) is 26.3. The number of nitrogens with zero attached hydrogens (tertiary/aromatic N) is 4. The molecule has 1 aliphatic heterocycles. The van der Waals surface area contributed by atoms with Crippen molar-refractivity contribution in [3.05, 3.63) is 76.4 Å². The van der Waals surface area contributed by atoms with Crippen LogP contribution in [-0.2, 0) is 21.3 Å². The van der Waals surface area contributed by atoms with Gasteiger partial charge in [0.05, 0.1) is 40.7 Å². The lowest BCUT2D eigenvalue weighted by Crippen LogP contribution is -2.38. The molecule has 2 aromatic heterocycles. The van der Waals surface area contributed by atoms with E-state index >= 15 is 0 Å². The van der Waals surface area contributed by atoms with Gasteiger partial charge in [-0.2, -0.15) is 5.10 Å². The van der Waals surface area contributed by atoms with Crippen LogP contribution in [0.2, 0.25) is 5.02 Å². The molecule has 1 saturated heterocycles. The maximum absolute atomic E-state index is 13.1. The van der Waals surface area contributed by atoms with Crippen molar-refractivity contribution in [2.45, 2.75) is 52.4 Å². The summed E-state index contributed by atoms with van der Waals surface area (Å²) in [5.74, 6) is -0.0334. The highest BCUT2D eigenvalue weighted by atomic mass is 35.5. The number of ether oxygens (including phenoxy) is 2. The van der Waals surface area contributed by atoms with Crippen LogP contribution in [0.4, 0.5) is 5.13 Å². The molecule has 6 rings (SSSR count). The molecule has 42 heavy (non-hydrogen) atoms. The molecular formula is C33H35ClN4O3S. The number of Topliss-reactive ketones (excluding diaryl/α,β-unsaturated/α-hetero) is 1. The van der Waals surface area contributed by atoms with E-state index in [0.717, 1.165) is 60.6 Å². The molecule has 0 aliphatic carbocycles. The lowest BCUT2D eigenvalue weighted by Gasteiger charge is -2.33. The maximum Gasteiger partial charge on any atom is 0.186 e. The minimum Gasteiger partial charge on any atom is -0.370 e. The molecular weight excluding hydrogens is 568 g/mol. The van der Waals surface area contributed by atoms with E-state index in [0.29, 0.717) is 18.2 Å². The molecule has 2 atom stereocenters. The highest BCUT2D eigenvalue weighted by molar-refractivity contribution is 7.22. The molecule has 7 nitrogen and oxygen atoms in total. The molecule has 1 aliphatic rings. The molecule has 0 saturated carbocycles. The monoisotopic (exact) mass is 602 g/mol. The standard InChI is InChI=1S/C33H35ClN4O3S/c1-19-15-25-31(29(21-7-10-24(34)11-8-21)28(19)30(20(2)39)41-33(3,4)5)42-32(36-25)38-13-14-40-27(18-38)22-9-12-26-23(16-22)17-35-37(26)6/h7-12,15-17,27,30H,13-14,18H2,1-6H3/t27-,30+/m0/s1. The lowest BCUT2D eigenvalue weighted by molar-refractivity contribution is -0.138. The number of hydrogen-bond donors (Lipinski definition) is 0. The number of aromatic nitrogens is 3. The average Bonchev–Trinajstić information content (AvgIpc) is 3.54. The van der Waals surface area contributed by atoms with Crippen LogP contribution in [0.25, 0.3) is 32.2 Å². The second-order valence-electron chi connectivity index (χ2n) is 11.9. The normalized spacial score (nSPS) is 16.8. The molecule has 9 heteroatoms. The summed E-state index contributed by atoms with van der Waals surface area (Å²) in [6.07, 6.45) is 1.11. The fraction of sp³-hybridized carbons (Fsp3) is 0.364. The van der Waals surface area contributed by atoms with E-state index in [4.69, 9.17) is 26.1 Å². The van der Waals surface area contributed by atoms with Crippen LogP contribution in [-0.4, -0.2) is 45.8 Å². The number of carbonyl (C=O) groups excluding carboxylic acids is 1. The number of morpholine rings is 1. The summed E-state index contributed by atoms with van der Waals surface area (Å²) in [4.78, 5) is 20.5. The summed E-state index contributed by atoms with van der Waals surface area (Å²) in [6, 6.07) is 16.3. The van der Waals surface area contributed by atoms with Gasteiger partial charge in [-0.15, -0.1) is 0 Å². The average molecular weight is 603 g/mol. The number of thiazole rings is 1. The number of halogens is 1. The summed E-state index contributed by atoms with van der Waals surface area (Å²) in [6.45, 7) is 11.6. The molecule has 0 spiro atoms. The molecule has 0 amide bonds. The molecule has 3 aromatic carbocycles. The van der Waals surface area contributed by atoms with Gasteiger partial charge in [-0.3, -0.25) is 9.48 Å². The Morgan fingerprint density at radius 2 is 1.93 bits per heavy atom. The molecule has 0 bridgehead atoms. The molecule has 218 valence electrons. The van der Waals surface area contributed by atoms with Crippen LogP contribution >= 0.6 is 22.9 Å². The zero-order valence-electron chi connectivity index (χ0n) is 24.8. The van der Waals surface area contributed by atoms with Gasteiger partial charge in [-0.05, 0) is 81.6 Å². The number of hydrogen-bond acceptors (Lipinski definition) is 7. The Morgan fingerprint density at radius 1 is 1.17 bits per heavy atom. The van der Waals surface area contributed by atoms with E-state index in [1.807, 2.05) is 69.9 Å². The van der Waals surface area contributed by atoms with Crippen LogP contribution in [0.3, 0.4) is 0 Å². The van der Waals surface area contributed by atoms with Gasteiger partial charge >= 0.3 is 0 Å². The van der Waals surface area contributed by atoms with E-state index in [1.165, 1.54) is 0 Å². The van der Waals surface area contributed by atoms with Crippen molar-refractivity contribution in [1.29, 1.82) is 0 Å². The number of carbonyl (C=O) groups is 1. The predicted octanol–water partition coefficient (Wildman–Crippen LogP) is 7.83. The highest BCUT2D eigenvalue weighted by Gasteiger charge is 2.31. The minimum atomic E-state index is -0.708. The van der Waals surface area contributed by atoms with E-state index in [-0.39, 0.29) is 11.9 Å². The Bertz CT molecular complexity index is 1790.